The molecule has 0 unspecified atom stereocenters. The SMILES string of the molecule is Nc1ccc(Cl)nc1Nc1cccc(F)c1F. The number of rotatable bonds is 2. The molecule has 2 rings (SSSR count). The predicted molar refractivity (Wildman–Crippen MR) is 63.3 cm³/mol. The molecule has 17 heavy (non-hydrogen) atoms. The van der Waals surface area contributed by atoms with Crippen molar-refractivity contribution >= 4 is 28.8 Å². The number of nitrogen functional groups attached to an aromatic ring is 1. The molecule has 2 aromatic rings. The molecule has 0 saturated heterocycles. The van der Waals surface area contributed by atoms with Crippen molar-refractivity contribution in [1.82, 2.24) is 4.98 Å². The van der Waals surface area contributed by atoms with E-state index in [1.807, 2.05) is 0 Å². The Hall–Kier alpha value is -1.88. The van der Waals surface area contributed by atoms with Crippen molar-refractivity contribution < 1.29 is 8.78 Å². The second kappa shape index (κ2) is 4.55. The summed E-state index contributed by atoms with van der Waals surface area (Å²) in [7, 11) is 0. The van der Waals surface area contributed by atoms with E-state index < -0.39 is 11.6 Å². The van der Waals surface area contributed by atoms with Gasteiger partial charge in [0.25, 0.3) is 0 Å². The summed E-state index contributed by atoms with van der Waals surface area (Å²) in [5, 5.41) is 2.79. The van der Waals surface area contributed by atoms with Gasteiger partial charge in [-0.2, -0.15) is 0 Å². The first-order valence-electron chi connectivity index (χ1n) is 4.71. The van der Waals surface area contributed by atoms with Gasteiger partial charge in [-0.15, -0.1) is 0 Å². The summed E-state index contributed by atoms with van der Waals surface area (Å²) in [4.78, 5) is 3.88. The maximum absolute atomic E-state index is 13.4. The number of pyridine rings is 1. The van der Waals surface area contributed by atoms with Crippen LogP contribution in [0.3, 0.4) is 0 Å². The van der Waals surface area contributed by atoms with E-state index in [4.69, 9.17) is 17.3 Å². The van der Waals surface area contributed by atoms with E-state index in [2.05, 4.69) is 10.3 Å². The van der Waals surface area contributed by atoms with Gasteiger partial charge in [0.05, 0.1) is 11.4 Å². The van der Waals surface area contributed by atoms with Crippen LogP contribution in [0.1, 0.15) is 0 Å². The highest BCUT2D eigenvalue weighted by Crippen LogP contribution is 2.25. The summed E-state index contributed by atoms with van der Waals surface area (Å²) in [5.41, 5.74) is 5.87. The van der Waals surface area contributed by atoms with Gasteiger partial charge in [0.1, 0.15) is 5.15 Å². The fraction of sp³-hybridized carbons (Fsp3) is 0. The minimum atomic E-state index is -0.992. The molecule has 1 aromatic carbocycles. The van der Waals surface area contributed by atoms with Crippen LogP contribution in [0.15, 0.2) is 30.3 Å². The first kappa shape index (κ1) is 11.6. The lowest BCUT2D eigenvalue weighted by atomic mass is 10.3. The van der Waals surface area contributed by atoms with Crippen LogP contribution in [-0.2, 0) is 0 Å². The van der Waals surface area contributed by atoms with Crippen LogP contribution in [0.25, 0.3) is 0 Å². The van der Waals surface area contributed by atoms with E-state index >= 15 is 0 Å². The summed E-state index contributed by atoms with van der Waals surface area (Å²) in [6.07, 6.45) is 0. The van der Waals surface area contributed by atoms with E-state index in [1.165, 1.54) is 24.3 Å². The first-order valence-corrected chi connectivity index (χ1v) is 5.09. The van der Waals surface area contributed by atoms with Crippen molar-refractivity contribution in [3.05, 3.63) is 47.1 Å². The number of benzene rings is 1. The van der Waals surface area contributed by atoms with Crippen LogP contribution in [0, 0.1) is 11.6 Å². The molecule has 1 heterocycles. The highest BCUT2D eigenvalue weighted by atomic mass is 35.5. The third kappa shape index (κ3) is 2.45. The lowest BCUT2D eigenvalue weighted by Gasteiger charge is -2.09. The smallest absolute Gasteiger partial charge is 0.182 e. The van der Waals surface area contributed by atoms with Gasteiger partial charge in [-0.05, 0) is 24.3 Å². The number of anilines is 3. The van der Waals surface area contributed by atoms with E-state index in [0.29, 0.717) is 0 Å². The topological polar surface area (TPSA) is 50.9 Å². The summed E-state index contributed by atoms with van der Waals surface area (Å²) in [6.45, 7) is 0. The zero-order valence-electron chi connectivity index (χ0n) is 8.55. The lowest BCUT2D eigenvalue weighted by Crippen LogP contribution is -2.01. The Balaban J connectivity index is 2.38. The Bertz CT molecular complexity index is 560. The number of hydrogen-bond acceptors (Lipinski definition) is 3. The van der Waals surface area contributed by atoms with Crippen LogP contribution < -0.4 is 11.1 Å². The number of halogens is 3. The zero-order valence-corrected chi connectivity index (χ0v) is 9.30. The van der Waals surface area contributed by atoms with Gasteiger partial charge < -0.3 is 11.1 Å². The molecule has 0 radical (unpaired) electrons. The molecule has 0 aliphatic carbocycles. The van der Waals surface area contributed by atoms with Crippen molar-refractivity contribution in [2.24, 2.45) is 0 Å². The Morgan fingerprint density at radius 2 is 1.94 bits per heavy atom. The van der Waals surface area contributed by atoms with E-state index in [-0.39, 0.29) is 22.3 Å². The highest BCUT2D eigenvalue weighted by Gasteiger charge is 2.09. The van der Waals surface area contributed by atoms with Crippen molar-refractivity contribution in [3.63, 3.8) is 0 Å². The van der Waals surface area contributed by atoms with Crippen molar-refractivity contribution in [2.75, 3.05) is 11.1 Å². The maximum atomic E-state index is 13.4. The Kier molecular flexibility index (Phi) is 3.10. The third-order valence-electron chi connectivity index (χ3n) is 2.10. The molecule has 3 N–H and O–H groups in total. The van der Waals surface area contributed by atoms with Crippen molar-refractivity contribution in [2.45, 2.75) is 0 Å². The first-order chi connectivity index (χ1) is 8.08. The molecule has 0 aliphatic heterocycles. The predicted octanol–water partition coefficient (Wildman–Crippen LogP) is 3.34. The summed E-state index contributed by atoms with van der Waals surface area (Å²) >= 11 is 5.68. The Labute approximate surface area is 101 Å². The van der Waals surface area contributed by atoms with Gasteiger partial charge in [-0.1, -0.05) is 17.7 Å². The average molecular weight is 256 g/mol. The van der Waals surface area contributed by atoms with Gasteiger partial charge in [0, 0.05) is 0 Å². The molecule has 1 aromatic heterocycles. The molecule has 0 bridgehead atoms. The van der Waals surface area contributed by atoms with Gasteiger partial charge in [0.15, 0.2) is 17.5 Å². The van der Waals surface area contributed by atoms with Crippen LogP contribution in [0.4, 0.5) is 26.0 Å². The van der Waals surface area contributed by atoms with Gasteiger partial charge >= 0.3 is 0 Å². The van der Waals surface area contributed by atoms with E-state index in [1.54, 1.807) is 0 Å². The minimum absolute atomic E-state index is 0.0496. The van der Waals surface area contributed by atoms with Crippen LogP contribution >= 0.6 is 11.6 Å². The number of nitrogens with two attached hydrogens (primary N) is 1. The largest absolute Gasteiger partial charge is 0.396 e. The molecule has 6 heteroatoms. The zero-order chi connectivity index (χ0) is 12.4. The van der Waals surface area contributed by atoms with E-state index in [9.17, 15) is 8.78 Å². The summed E-state index contributed by atoms with van der Waals surface area (Å²) < 4.78 is 26.3. The van der Waals surface area contributed by atoms with Gasteiger partial charge in [-0.25, -0.2) is 13.8 Å². The average Bonchev–Trinajstić information content (AvgIpc) is 2.30. The Morgan fingerprint density at radius 1 is 1.18 bits per heavy atom. The van der Waals surface area contributed by atoms with Gasteiger partial charge in [-0.3, -0.25) is 0 Å². The molecule has 0 atom stereocenters. The van der Waals surface area contributed by atoms with Crippen LogP contribution in [-0.4, -0.2) is 4.98 Å². The lowest BCUT2D eigenvalue weighted by molar-refractivity contribution is 0.511. The number of aromatic nitrogens is 1. The fourth-order valence-electron chi connectivity index (χ4n) is 1.27. The van der Waals surface area contributed by atoms with Crippen molar-refractivity contribution in [3.8, 4) is 0 Å². The van der Waals surface area contributed by atoms with Gasteiger partial charge in [0.2, 0.25) is 0 Å². The summed E-state index contributed by atoms with van der Waals surface area (Å²) in [6, 6.07) is 6.80. The maximum Gasteiger partial charge on any atom is 0.182 e. The second-order valence-electron chi connectivity index (χ2n) is 3.30. The molecule has 88 valence electrons. The van der Waals surface area contributed by atoms with Crippen LogP contribution in [0.5, 0.6) is 0 Å². The normalized spacial score (nSPS) is 10.3. The molecule has 0 amide bonds. The highest BCUT2D eigenvalue weighted by molar-refractivity contribution is 6.29. The minimum Gasteiger partial charge on any atom is -0.396 e. The molecule has 0 saturated carbocycles. The quantitative estimate of drug-likeness (QED) is 0.809. The molecular weight excluding hydrogens is 248 g/mol. The molecule has 3 nitrogen and oxygen atoms in total. The molecule has 0 fully saturated rings. The fourth-order valence-corrected chi connectivity index (χ4v) is 1.42. The number of hydrogen-bond donors (Lipinski definition) is 2. The number of nitrogens with zero attached hydrogens (tertiary/aromatic N) is 1. The van der Waals surface area contributed by atoms with Crippen molar-refractivity contribution in [1.29, 1.82) is 0 Å². The standard InChI is InChI=1S/C11H8ClF2N3/c12-9-5-4-7(15)11(17-9)16-8-3-1-2-6(13)10(8)14/h1-5H,15H2,(H,16,17). The molecular formula is C11H8ClF2N3. The molecule has 0 aliphatic rings. The summed E-state index contributed by atoms with van der Waals surface area (Å²) in [5.74, 6) is -1.76. The molecule has 0 spiro atoms. The second-order valence-corrected chi connectivity index (χ2v) is 3.69. The number of nitrogens with one attached hydrogen (secondary N) is 1. The Morgan fingerprint density at radius 3 is 2.71 bits per heavy atom. The monoisotopic (exact) mass is 255 g/mol. The van der Waals surface area contributed by atoms with Crippen LogP contribution in [0.2, 0.25) is 5.15 Å². The third-order valence-corrected chi connectivity index (χ3v) is 2.31. The van der Waals surface area contributed by atoms with E-state index in [0.717, 1.165) is 6.07 Å².